The number of fused-ring (bicyclic) bond motifs is 1. The van der Waals surface area contributed by atoms with Crippen molar-refractivity contribution in [3.63, 3.8) is 0 Å². The van der Waals surface area contributed by atoms with Gasteiger partial charge in [0.1, 0.15) is 11.5 Å². The summed E-state index contributed by atoms with van der Waals surface area (Å²) in [5.74, 6) is 1.03. The SMILES string of the molecule is CN(C)CCCC(=O)Nc1ccc(C(=O)N2CCCC[C@@H](Cc3nccc(-c4c(-c5ccccc5)nn5ccccc45)n3)C2)cc1. The molecule has 2 amide bonds. The Balaban J connectivity index is 1.15. The number of anilines is 1. The maximum Gasteiger partial charge on any atom is 0.253 e. The minimum Gasteiger partial charge on any atom is -0.338 e. The summed E-state index contributed by atoms with van der Waals surface area (Å²) in [5.41, 5.74) is 6.09. The normalized spacial score (nSPS) is 15.2. The van der Waals surface area contributed by atoms with Crippen LogP contribution in [0, 0.1) is 5.92 Å². The van der Waals surface area contributed by atoms with Crippen molar-refractivity contribution in [2.75, 3.05) is 39.0 Å². The predicted octanol–water partition coefficient (Wildman–Crippen LogP) is 6.22. The Kier molecular flexibility index (Phi) is 9.79. The first kappa shape index (κ1) is 31.1. The second kappa shape index (κ2) is 14.5. The van der Waals surface area contributed by atoms with Crippen LogP contribution in [0.25, 0.3) is 28.0 Å². The van der Waals surface area contributed by atoms with E-state index < -0.39 is 0 Å². The van der Waals surface area contributed by atoms with Gasteiger partial charge in [0.15, 0.2) is 0 Å². The van der Waals surface area contributed by atoms with E-state index in [-0.39, 0.29) is 17.7 Å². The fourth-order valence-corrected chi connectivity index (χ4v) is 6.18. The average molecular weight is 616 g/mol. The number of hydrogen-bond acceptors (Lipinski definition) is 6. The van der Waals surface area contributed by atoms with Crippen LogP contribution in [-0.2, 0) is 11.2 Å². The van der Waals surface area contributed by atoms with Crippen LogP contribution >= 0.6 is 0 Å². The molecule has 6 rings (SSSR count). The van der Waals surface area contributed by atoms with Crippen LogP contribution in [0.4, 0.5) is 5.69 Å². The summed E-state index contributed by atoms with van der Waals surface area (Å²) in [7, 11) is 4.00. The van der Waals surface area contributed by atoms with Gasteiger partial charge in [0.2, 0.25) is 5.91 Å². The van der Waals surface area contributed by atoms with Gasteiger partial charge in [-0.1, -0.05) is 42.8 Å². The van der Waals surface area contributed by atoms with E-state index in [0.717, 1.165) is 72.6 Å². The topological polar surface area (TPSA) is 95.7 Å². The molecule has 0 aliphatic carbocycles. The van der Waals surface area contributed by atoms with Gasteiger partial charge < -0.3 is 15.1 Å². The van der Waals surface area contributed by atoms with E-state index in [4.69, 9.17) is 10.1 Å². The number of nitrogens with zero attached hydrogens (tertiary/aromatic N) is 6. The lowest BCUT2D eigenvalue weighted by Crippen LogP contribution is -2.35. The molecule has 4 heterocycles. The monoisotopic (exact) mass is 615 g/mol. The van der Waals surface area contributed by atoms with Gasteiger partial charge in [0, 0.05) is 55.1 Å². The summed E-state index contributed by atoms with van der Waals surface area (Å²) in [4.78, 5) is 39.6. The summed E-state index contributed by atoms with van der Waals surface area (Å²) in [6, 6.07) is 25.5. The molecule has 9 heteroatoms. The minimum absolute atomic E-state index is 0.0135. The van der Waals surface area contributed by atoms with Crippen LogP contribution in [0.3, 0.4) is 0 Å². The summed E-state index contributed by atoms with van der Waals surface area (Å²) >= 11 is 0. The van der Waals surface area contributed by atoms with Crippen molar-refractivity contribution in [3.05, 3.63) is 103 Å². The molecule has 3 aromatic heterocycles. The van der Waals surface area contributed by atoms with Gasteiger partial charge in [0.05, 0.1) is 16.8 Å². The fourth-order valence-electron chi connectivity index (χ4n) is 6.18. The number of hydrogen-bond donors (Lipinski definition) is 1. The number of carbonyl (C=O) groups excluding carboxylic acids is 2. The first-order valence-corrected chi connectivity index (χ1v) is 16.1. The highest BCUT2D eigenvalue weighted by Gasteiger charge is 2.25. The molecule has 5 aromatic rings. The van der Waals surface area contributed by atoms with E-state index in [9.17, 15) is 9.59 Å². The molecular formula is C37H41N7O2. The van der Waals surface area contributed by atoms with Crippen LogP contribution in [0.5, 0.6) is 0 Å². The van der Waals surface area contributed by atoms with E-state index in [1.807, 2.05) is 96.6 Å². The van der Waals surface area contributed by atoms with Gasteiger partial charge in [-0.3, -0.25) is 9.59 Å². The van der Waals surface area contributed by atoms with E-state index in [2.05, 4.69) is 33.4 Å². The smallest absolute Gasteiger partial charge is 0.253 e. The van der Waals surface area contributed by atoms with Gasteiger partial charge in [-0.25, -0.2) is 14.5 Å². The zero-order valence-corrected chi connectivity index (χ0v) is 26.6. The molecule has 1 saturated heterocycles. The third-order valence-corrected chi connectivity index (χ3v) is 8.50. The molecular weight excluding hydrogens is 574 g/mol. The van der Waals surface area contributed by atoms with Crippen molar-refractivity contribution in [1.29, 1.82) is 0 Å². The number of aromatic nitrogens is 4. The largest absolute Gasteiger partial charge is 0.338 e. The average Bonchev–Trinajstić information content (AvgIpc) is 3.31. The van der Waals surface area contributed by atoms with Gasteiger partial charge in [-0.15, -0.1) is 0 Å². The van der Waals surface area contributed by atoms with Gasteiger partial charge in [-0.2, -0.15) is 5.10 Å². The first-order chi connectivity index (χ1) is 22.4. The Morgan fingerprint density at radius 1 is 0.957 bits per heavy atom. The van der Waals surface area contributed by atoms with Gasteiger partial charge in [-0.05, 0) is 88.3 Å². The number of carbonyl (C=O) groups is 2. The van der Waals surface area contributed by atoms with E-state index in [1.54, 1.807) is 0 Å². The molecule has 0 radical (unpaired) electrons. The number of pyridine rings is 1. The fraction of sp³-hybridized carbons (Fsp3) is 0.324. The van der Waals surface area contributed by atoms with Crippen molar-refractivity contribution in [2.24, 2.45) is 5.92 Å². The zero-order chi connectivity index (χ0) is 31.9. The number of nitrogens with one attached hydrogen (secondary N) is 1. The highest BCUT2D eigenvalue weighted by atomic mass is 16.2. The molecule has 0 saturated carbocycles. The summed E-state index contributed by atoms with van der Waals surface area (Å²) in [5, 5.41) is 7.84. The van der Waals surface area contributed by atoms with Gasteiger partial charge >= 0.3 is 0 Å². The lowest BCUT2D eigenvalue weighted by Gasteiger charge is -2.24. The Morgan fingerprint density at radius 2 is 1.76 bits per heavy atom. The summed E-state index contributed by atoms with van der Waals surface area (Å²) < 4.78 is 1.90. The van der Waals surface area contributed by atoms with Gasteiger partial charge in [0.25, 0.3) is 5.91 Å². The molecule has 1 N–H and O–H groups in total. The Morgan fingerprint density at radius 3 is 2.57 bits per heavy atom. The number of benzene rings is 2. The van der Waals surface area contributed by atoms with Crippen molar-refractivity contribution in [2.45, 2.75) is 38.5 Å². The van der Waals surface area contributed by atoms with Crippen LogP contribution in [0.2, 0.25) is 0 Å². The summed E-state index contributed by atoms with van der Waals surface area (Å²) in [6.45, 7) is 2.25. The molecule has 0 unspecified atom stereocenters. The second-order valence-corrected chi connectivity index (χ2v) is 12.3. The lowest BCUT2D eigenvalue weighted by atomic mass is 9.98. The molecule has 236 valence electrons. The van der Waals surface area contributed by atoms with Crippen LogP contribution in [0.1, 0.15) is 48.3 Å². The molecule has 9 nitrogen and oxygen atoms in total. The van der Waals surface area contributed by atoms with E-state index in [1.165, 1.54) is 0 Å². The van der Waals surface area contributed by atoms with Crippen LogP contribution in [-0.4, -0.2) is 74.9 Å². The van der Waals surface area contributed by atoms with E-state index >= 15 is 0 Å². The summed E-state index contributed by atoms with van der Waals surface area (Å²) in [6.07, 6.45) is 8.79. The molecule has 1 aliphatic rings. The van der Waals surface area contributed by atoms with Crippen molar-refractivity contribution >= 4 is 23.0 Å². The highest BCUT2D eigenvalue weighted by molar-refractivity contribution is 5.96. The highest BCUT2D eigenvalue weighted by Crippen LogP contribution is 2.34. The first-order valence-electron chi connectivity index (χ1n) is 16.1. The molecule has 1 aliphatic heterocycles. The Labute approximate surface area is 270 Å². The van der Waals surface area contributed by atoms with Crippen molar-refractivity contribution < 1.29 is 9.59 Å². The second-order valence-electron chi connectivity index (χ2n) is 12.3. The van der Waals surface area contributed by atoms with Crippen LogP contribution in [0.15, 0.2) is 91.3 Å². The molecule has 0 spiro atoms. The third kappa shape index (κ3) is 7.49. The Bertz CT molecular complexity index is 1780. The maximum atomic E-state index is 13.6. The minimum atomic E-state index is -0.0135. The van der Waals surface area contributed by atoms with Crippen molar-refractivity contribution in [1.82, 2.24) is 29.4 Å². The molecule has 0 bridgehead atoms. The molecule has 46 heavy (non-hydrogen) atoms. The predicted molar refractivity (Wildman–Crippen MR) is 181 cm³/mol. The standard InChI is InChI=1S/C37H41N7O2/c1-42(2)22-10-15-34(45)39-30-18-16-29(17-19-30)37(46)43-23-8-6-11-27(26-43)25-33-38-21-20-31(40-33)35-32-14-7-9-24-44(32)41-36(35)28-12-4-3-5-13-28/h3-5,7,9,12-14,16-21,24,27H,6,8,10-11,15,22-23,25-26H2,1-2H3,(H,39,45)/t27-/m0/s1. The van der Waals surface area contributed by atoms with Crippen molar-refractivity contribution in [3.8, 4) is 22.5 Å². The third-order valence-electron chi connectivity index (χ3n) is 8.50. The lowest BCUT2D eigenvalue weighted by molar-refractivity contribution is -0.116. The maximum absolute atomic E-state index is 13.6. The molecule has 2 aromatic carbocycles. The Hall–Kier alpha value is -4.89. The number of likely N-dealkylation sites (tertiary alicyclic amines) is 1. The molecule has 1 fully saturated rings. The quantitative estimate of drug-likeness (QED) is 0.200. The van der Waals surface area contributed by atoms with Crippen LogP contribution < -0.4 is 5.32 Å². The number of amides is 2. The zero-order valence-electron chi connectivity index (χ0n) is 26.6. The van der Waals surface area contributed by atoms with E-state index in [0.29, 0.717) is 30.6 Å². The number of rotatable bonds is 10. The molecule has 1 atom stereocenters.